The third-order valence-corrected chi connectivity index (χ3v) is 5.46. The van der Waals surface area contributed by atoms with E-state index in [2.05, 4.69) is 39.2 Å². The highest BCUT2D eigenvalue weighted by molar-refractivity contribution is 7.98. The van der Waals surface area contributed by atoms with Crippen LogP contribution in [0.5, 0.6) is 0 Å². The molecule has 5 heteroatoms. The lowest BCUT2D eigenvalue weighted by atomic mass is 10.1. The predicted octanol–water partition coefficient (Wildman–Crippen LogP) is 5.91. The second-order valence-electron chi connectivity index (χ2n) is 6.49. The summed E-state index contributed by atoms with van der Waals surface area (Å²) in [5, 5.41) is 0.887. The smallest absolute Gasteiger partial charge is 0.166 e. The number of para-hydroxylation sites is 2. The number of aromatic amines is 2. The Morgan fingerprint density at radius 2 is 1.36 bits per heavy atom. The lowest BCUT2D eigenvalue weighted by Crippen LogP contribution is -1.84. The molecule has 28 heavy (non-hydrogen) atoms. The van der Waals surface area contributed by atoms with E-state index in [-0.39, 0.29) is 0 Å². The molecule has 0 aliphatic heterocycles. The molecule has 0 aliphatic carbocycles. The Hall–Kier alpha value is -3.31. The van der Waals surface area contributed by atoms with Gasteiger partial charge in [-0.2, -0.15) is 0 Å². The molecule has 0 bridgehead atoms. The molecule has 0 unspecified atom stereocenters. The molecule has 3 aromatic carbocycles. The van der Waals surface area contributed by atoms with Crippen LogP contribution in [0.1, 0.15) is 5.82 Å². The number of hydrogen-bond acceptors (Lipinski definition) is 3. The van der Waals surface area contributed by atoms with E-state index in [0.717, 1.165) is 50.3 Å². The molecule has 0 spiro atoms. The van der Waals surface area contributed by atoms with Gasteiger partial charge in [0, 0.05) is 11.1 Å². The summed E-state index contributed by atoms with van der Waals surface area (Å²) in [4.78, 5) is 16.4. The van der Waals surface area contributed by atoms with E-state index in [1.54, 1.807) is 11.8 Å². The molecule has 2 aromatic heterocycles. The Bertz CT molecular complexity index is 1120. The maximum atomic E-state index is 4.89. The van der Waals surface area contributed by atoms with Gasteiger partial charge in [0.1, 0.15) is 5.82 Å². The summed E-state index contributed by atoms with van der Waals surface area (Å²) in [5.41, 5.74) is 6.30. The highest BCUT2D eigenvalue weighted by Gasteiger charge is 2.14. The third-order valence-electron chi connectivity index (χ3n) is 4.58. The zero-order valence-corrected chi connectivity index (χ0v) is 15.9. The molecule has 4 nitrogen and oxygen atoms in total. The van der Waals surface area contributed by atoms with Crippen molar-refractivity contribution in [2.24, 2.45) is 0 Å². The molecule has 0 amide bonds. The van der Waals surface area contributed by atoms with Crippen molar-refractivity contribution in [2.75, 3.05) is 0 Å². The van der Waals surface area contributed by atoms with Crippen molar-refractivity contribution in [2.45, 2.75) is 10.9 Å². The first kappa shape index (κ1) is 16.8. The first-order valence-corrected chi connectivity index (χ1v) is 10.1. The van der Waals surface area contributed by atoms with Crippen LogP contribution in [0.4, 0.5) is 0 Å². The van der Waals surface area contributed by atoms with Gasteiger partial charge in [-0.3, -0.25) is 0 Å². The molecule has 0 radical (unpaired) electrons. The third kappa shape index (κ3) is 3.32. The molecular formula is C23H18N4S. The molecule has 5 rings (SSSR count). The largest absolute Gasteiger partial charge is 0.341 e. The maximum Gasteiger partial charge on any atom is 0.166 e. The molecule has 0 saturated heterocycles. The minimum atomic E-state index is 0.727. The van der Waals surface area contributed by atoms with Gasteiger partial charge in [0.2, 0.25) is 0 Å². The van der Waals surface area contributed by atoms with E-state index in [1.165, 1.54) is 0 Å². The molecule has 0 aliphatic rings. The Morgan fingerprint density at radius 1 is 0.679 bits per heavy atom. The molecular weight excluding hydrogens is 364 g/mol. The number of H-pyrrole nitrogens is 2. The number of nitrogens with zero attached hydrogens (tertiary/aromatic N) is 2. The van der Waals surface area contributed by atoms with Crippen LogP contribution >= 0.6 is 11.8 Å². The first-order chi connectivity index (χ1) is 13.9. The van der Waals surface area contributed by atoms with Gasteiger partial charge in [0.05, 0.1) is 28.2 Å². The van der Waals surface area contributed by atoms with Crippen molar-refractivity contribution in [3.8, 4) is 22.5 Å². The van der Waals surface area contributed by atoms with E-state index >= 15 is 0 Å². The van der Waals surface area contributed by atoms with Gasteiger partial charge in [0.15, 0.2) is 5.16 Å². The van der Waals surface area contributed by atoms with Gasteiger partial charge < -0.3 is 9.97 Å². The summed E-state index contributed by atoms with van der Waals surface area (Å²) < 4.78 is 0. The van der Waals surface area contributed by atoms with Crippen molar-refractivity contribution in [1.82, 2.24) is 19.9 Å². The molecule has 136 valence electrons. The molecule has 0 atom stereocenters. The molecule has 2 heterocycles. The zero-order valence-electron chi connectivity index (χ0n) is 15.1. The van der Waals surface area contributed by atoms with E-state index in [4.69, 9.17) is 4.98 Å². The predicted molar refractivity (Wildman–Crippen MR) is 115 cm³/mol. The van der Waals surface area contributed by atoms with Crippen molar-refractivity contribution >= 4 is 22.8 Å². The van der Waals surface area contributed by atoms with Gasteiger partial charge in [-0.05, 0) is 12.1 Å². The summed E-state index contributed by atoms with van der Waals surface area (Å²) in [5.74, 6) is 1.68. The molecule has 0 fully saturated rings. The summed E-state index contributed by atoms with van der Waals surface area (Å²) in [6.07, 6.45) is 0. The number of nitrogens with one attached hydrogen (secondary N) is 2. The van der Waals surface area contributed by atoms with Crippen LogP contribution in [0.25, 0.3) is 33.5 Å². The van der Waals surface area contributed by atoms with Crippen LogP contribution in [-0.4, -0.2) is 19.9 Å². The highest BCUT2D eigenvalue weighted by Crippen LogP contribution is 2.33. The Kier molecular flexibility index (Phi) is 4.43. The van der Waals surface area contributed by atoms with Gasteiger partial charge in [-0.25, -0.2) is 9.97 Å². The summed E-state index contributed by atoms with van der Waals surface area (Å²) in [6.45, 7) is 0. The van der Waals surface area contributed by atoms with Gasteiger partial charge >= 0.3 is 0 Å². The number of benzene rings is 3. The van der Waals surface area contributed by atoms with E-state index in [1.807, 2.05) is 60.7 Å². The van der Waals surface area contributed by atoms with Crippen LogP contribution in [0.15, 0.2) is 90.1 Å². The fourth-order valence-electron chi connectivity index (χ4n) is 3.25. The van der Waals surface area contributed by atoms with Gasteiger partial charge in [-0.15, -0.1) is 0 Å². The SMILES string of the molecule is c1ccc(-c2nc(SCc3nc4ccccc4[nH]3)[nH]c2-c2ccccc2)cc1. The Morgan fingerprint density at radius 3 is 2.11 bits per heavy atom. The average Bonchev–Trinajstić information content (AvgIpc) is 3.37. The maximum absolute atomic E-state index is 4.89. The highest BCUT2D eigenvalue weighted by atomic mass is 32.2. The number of rotatable bonds is 5. The van der Waals surface area contributed by atoms with Crippen LogP contribution < -0.4 is 0 Å². The number of thioether (sulfide) groups is 1. The fourth-order valence-corrected chi connectivity index (χ4v) is 3.99. The first-order valence-electron chi connectivity index (χ1n) is 9.14. The lowest BCUT2D eigenvalue weighted by Gasteiger charge is -2.02. The van der Waals surface area contributed by atoms with E-state index < -0.39 is 0 Å². The molecule has 2 N–H and O–H groups in total. The number of fused-ring (bicyclic) bond motifs is 1. The van der Waals surface area contributed by atoms with Crippen molar-refractivity contribution < 1.29 is 0 Å². The fraction of sp³-hybridized carbons (Fsp3) is 0.0435. The van der Waals surface area contributed by atoms with Crippen molar-refractivity contribution in [1.29, 1.82) is 0 Å². The average molecular weight is 382 g/mol. The topological polar surface area (TPSA) is 57.4 Å². The quantitative estimate of drug-likeness (QED) is 0.371. The second-order valence-corrected chi connectivity index (χ2v) is 7.45. The van der Waals surface area contributed by atoms with Crippen LogP contribution in [0.3, 0.4) is 0 Å². The number of hydrogen-bond donors (Lipinski definition) is 2. The van der Waals surface area contributed by atoms with E-state index in [0.29, 0.717) is 0 Å². The summed E-state index contributed by atoms with van der Waals surface area (Å²) in [6, 6.07) is 28.7. The lowest BCUT2D eigenvalue weighted by molar-refractivity contribution is 1.05. The Labute approximate surface area is 167 Å². The second kappa shape index (κ2) is 7.37. The standard InChI is InChI=1S/C23H18N4S/c1-3-9-16(10-4-1)21-22(17-11-5-2-6-12-17)27-23(26-21)28-15-20-24-18-13-7-8-14-19(18)25-20/h1-14H,15H2,(H,24,25)(H,26,27). The number of imidazole rings is 2. The van der Waals surface area contributed by atoms with Crippen molar-refractivity contribution in [3.63, 3.8) is 0 Å². The van der Waals surface area contributed by atoms with Gasteiger partial charge in [0.25, 0.3) is 0 Å². The molecule has 0 saturated carbocycles. The molecule has 5 aromatic rings. The number of aromatic nitrogens is 4. The summed E-state index contributed by atoms with van der Waals surface area (Å²) >= 11 is 1.65. The van der Waals surface area contributed by atoms with Crippen LogP contribution in [0.2, 0.25) is 0 Å². The Balaban J connectivity index is 1.47. The monoisotopic (exact) mass is 382 g/mol. The van der Waals surface area contributed by atoms with Crippen LogP contribution in [0, 0.1) is 0 Å². The summed E-state index contributed by atoms with van der Waals surface area (Å²) in [7, 11) is 0. The van der Waals surface area contributed by atoms with Crippen LogP contribution in [-0.2, 0) is 5.75 Å². The zero-order chi connectivity index (χ0) is 18.8. The minimum Gasteiger partial charge on any atom is -0.341 e. The normalized spacial score (nSPS) is 11.1. The van der Waals surface area contributed by atoms with Gasteiger partial charge in [-0.1, -0.05) is 84.6 Å². The van der Waals surface area contributed by atoms with Crippen molar-refractivity contribution in [3.05, 3.63) is 90.8 Å². The van der Waals surface area contributed by atoms with E-state index in [9.17, 15) is 0 Å². The minimum absolute atomic E-state index is 0.727.